The lowest BCUT2D eigenvalue weighted by atomic mass is 10.2. The van der Waals surface area contributed by atoms with Gasteiger partial charge in [-0.15, -0.1) is 11.6 Å². The van der Waals surface area contributed by atoms with Crippen LogP contribution < -0.4 is 0 Å². The molecule has 2 aromatic carbocycles. The van der Waals surface area contributed by atoms with Crippen molar-refractivity contribution in [2.45, 2.75) is 13.3 Å². The number of aryl methyl sites for hydroxylation is 2. The SMILES string of the molecule is Cc1cccc2nc(CCCl)n(-c3ccc(I)cc3Cl)c12. The van der Waals surface area contributed by atoms with E-state index in [0.717, 1.165) is 31.1 Å². The number of rotatable bonds is 3. The monoisotopic (exact) mass is 430 g/mol. The first-order chi connectivity index (χ1) is 10.1. The number of benzene rings is 2. The molecular weight excluding hydrogens is 418 g/mol. The maximum atomic E-state index is 6.46. The van der Waals surface area contributed by atoms with Gasteiger partial charge in [0, 0.05) is 15.9 Å². The van der Waals surface area contributed by atoms with Crippen LogP contribution in [0.5, 0.6) is 0 Å². The highest BCUT2D eigenvalue weighted by Crippen LogP contribution is 2.30. The molecule has 0 saturated heterocycles. The second-order valence-electron chi connectivity index (χ2n) is 4.84. The number of aromatic nitrogens is 2. The molecule has 0 aliphatic heterocycles. The van der Waals surface area contributed by atoms with Crippen LogP contribution >= 0.6 is 45.8 Å². The largest absolute Gasteiger partial charge is 0.294 e. The van der Waals surface area contributed by atoms with Crippen LogP contribution in [-0.2, 0) is 6.42 Å². The third-order valence-corrected chi connectivity index (χ3v) is 4.58. The molecule has 108 valence electrons. The molecule has 0 aliphatic rings. The Morgan fingerprint density at radius 3 is 2.76 bits per heavy atom. The van der Waals surface area contributed by atoms with E-state index in [1.165, 1.54) is 5.56 Å². The van der Waals surface area contributed by atoms with Crippen molar-refractivity contribution >= 4 is 56.8 Å². The molecule has 0 fully saturated rings. The zero-order chi connectivity index (χ0) is 15.0. The molecule has 0 unspecified atom stereocenters. The molecule has 0 spiro atoms. The van der Waals surface area contributed by atoms with E-state index in [1.54, 1.807) is 0 Å². The molecule has 21 heavy (non-hydrogen) atoms. The van der Waals surface area contributed by atoms with Gasteiger partial charge in [-0.3, -0.25) is 4.57 Å². The van der Waals surface area contributed by atoms with Gasteiger partial charge in [0.2, 0.25) is 0 Å². The van der Waals surface area contributed by atoms with Crippen LogP contribution in [0.15, 0.2) is 36.4 Å². The molecule has 3 aromatic rings. The highest BCUT2D eigenvalue weighted by Gasteiger charge is 2.15. The Kier molecular flexibility index (Phi) is 4.43. The van der Waals surface area contributed by atoms with Crippen molar-refractivity contribution in [3.05, 3.63) is 56.4 Å². The smallest absolute Gasteiger partial charge is 0.115 e. The quantitative estimate of drug-likeness (QED) is 0.403. The molecule has 1 heterocycles. The van der Waals surface area contributed by atoms with E-state index in [4.69, 9.17) is 28.2 Å². The van der Waals surface area contributed by atoms with Gasteiger partial charge in [0.25, 0.3) is 0 Å². The third kappa shape index (κ3) is 2.79. The van der Waals surface area contributed by atoms with Crippen LogP contribution in [0.25, 0.3) is 16.7 Å². The van der Waals surface area contributed by atoms with Crippen molar-refractivity contribution < 1.29 is 0 Å². The van der Waals surface area contributed by atoms with Gasteiger partial charge in [-0.25, -0.2) is 4.98 Å². The Balaban J connectivity index is 2.35. The Morgan fingerprint density at radius 2 is 2.05 bits per heavy atom. The van der Waals surface area contributed by atoms with Gasteiger partial charge in [0.05, 0.1) is 21.7 Å². The number of fused-ring (bicyclic) bond motifs is 1. The number of hydrogen-bond acceptors (Lipinski definition) is 1. The van der Waals surface area contributed by atoms with Crippen LogP contribution in [0.2, 0.25) is 5.02 Å². The number of nitrogens with zero attached hydrogens (tertiary/aromatic N) is 2. The van der Waals surface area contributed by atoms with Crippen molar-refractivity contribution in [3.63, 3.8) is 0 Å². The minimum atomic E-state index is 0.532. The molecule has 0 aliphatic carbocycles. The number of imidazole rings is 1. The molecule has 0 saturated carbocycles. The average Bonchev–Trinajstić information content (AvgIpc) is 2.79. The van der Waals surface area contributed by atoms with Crippen LogP contribution in [0, 0.1) is 10.5 Å². The molecule has 5 heteroatoms. The van der Waals surface area contributed by atoms with Crippen molar-refractivity contribution in [3.8, 4) is 5.69 Å². The van der Waals surface area contributed by atoms with E-state index in [2.05, 4.69) is 46.2 Å². The fraction of sp³-hybridized carbons (Fsp3) is 0.188. The molecule has 0 N–H and O–H groups in total. The number of para-hydroxylation sites is 1. The molecule has 1 aromatic heterocycles. The topological polar surface area (TPSA) is 17.8 Å². The molecule has 0 radical (unpaired) electrons. The molecular formula is C16H13Cl2IN2. The minimum Gasteiger partial charge on any atom is -0.294 e. The fourth-order valence-corrected chi connectivity index (χ4v) is 3.63. The molecule has 3 rings (SSSR count). The lowest BCUT2D eigenvalue weighted by Gasteiger charge is -2.12. The van der Waals surface area contributed by atoms with Gasteiger partial charge in [0.15, 0.2) is 0 Å². The van der Waals surface area contributed by atoms with Crippen LogP contribution in [0.1, 0.15) is 11.4 Å². The van der Waals surface area contributed by atoms with Crippen molar-refractivity contribution in [1.82, 2.24) is 9.55 Å². The number of halogens is 3. The summed E-state index contributed by atoms with van der Waals surface area (Å²) in [5.74, 6) is 1.47. The molecule has 2 nitrogen and oxygen atoms in total. The van der Waals surface area contributed by atoms with Gasteiger partial charge in [0.1, 0.15) is 5.82 Å². The molecule has 0 atom stereocenters. The van der Waals surface area contributed by atoms with Crippen LogP contribution in [-0.4, -0.2) is 15.4 Å². The van der Waals surface area contributed by atoms with Crippen molar-refractivity contribution in [1.29, 1.82) is 0 Å². The van der Waals surface area contributed by atoms with E-state index in [9.17, 15) is 0 Å². The predicted molar refractivity (Wildman–Crippen MR) is 98.0 cm³/mol. The van der Waals surface area contributed by atoms with Crippen LogP contribution in [0.4, 0.5) is 0 Å². The third-order valence-electron chi connectivity index (χ3n) is 3.42. The summed E-state index contributed by atoms with van der Waals surface area (Å²) >= 11 is 14.7. The highest BCUT2D eigenvalue weighted by atomic mass is 127. The second-order valence-corrected chi connectivity index (χ2v) is 6.87. The highest BCUT2D eigenvalue weighted by molar-refractivity contribution is 14.1. The Bertz CT molecular complexity index is 811. The summed E-state index contributed by atoms with van der Waals surface area (Å²) in [6.07, 6.45) is 0.706. The zero-order valence-electron chi connectivity index (χ0n) is 11.4. The first kappa shape index (κ1) is 15.1. The average molecular weight is 431 g/mol. The van der Waals surface area contributed by atoms with Gasteiger partial charge in [-0.05, 0) is 59.3 Å². The van der Waals surface area contributed by atoms with Gasteiger partial charge in [-0.2, -0.15) is 0 Å². The molecule has 0 bridgehead atoms. The van der Waals surface area contributed by atoms with Gasteiger partial charge >= 0.3 is 0 Å². The summed E-state index contributed by atoms with van der Waals surface area (Å²) < 4.78 is 3.24. The summed E-state index contributed by atoms with van der Waals surface area (Å²) in [5.41, 5.74) is 4.20. The maximum Gasteiger partial charge on any atom is 0.115 e. The summed E-state index contributed by atoms with van der Waals surface area (Å²) in [6, 6.07) is 12.2. The molecule has 0 amide bonds. The van der Waals surface area contributed by atoms with Crippen LogP contribution in [0.3, 0.4) is 0 Å². The Labute approximate surface area is 147 Å². The lowest BCUT2D eigenvalue weighted by molar-refractivity contribution is 0.910. The summed E-state index contributed by atoms with van der Waals surface area (Å²) in [7, 11) is 0. The summed E-state index contributed by atoms with van der Waals surface area (Å²) in [6.45, 7) is 2.09. The zero-order valence-corrected chi connectivity index (χ0v) is 15.1. The Hall–Kier alpha value is -0.780. The second kappa shape index (κ2) is 6.15. The normalized spacial score (nSPS) is 11.2. The summed E-state index contributed by atoms with van der Waals surface area (Å²) in [4.78, 5) is 4.72. The predicted octanol–water partition coefficient (Wildman–Crippen LogP) is 5.37. The minimum absolute atomic E-state index is 0.532. The fourth-order valence-electron chi connectivity index (χ4n) is 2.52. The maximum absolute atomic E-state index is 6.46. The van der Waals surface area contributed by atoms with E-state index in [-0.39, 0.29) is 0 Å². The van der Waals surface area contributed by atoms with E-state index in [1.807, 2.05) is 24.3 Å². The van der Waals surface area contributed by atoms with Gasteiger partial charge in [-0.1, -0.05) is 23.7 Å². The van der Waals surface area contributed by atoms with Crippen molar-refractivity contribution in [2.24, 2.45) is 0 Å². The van der Waals surface area contributed by atoms with E-state index < -0.39 is 0 Å². The van der Waals surface area contributed by atoms with Gasteiger partial charge < -0.3 is 0 Å². The summed E-state index contributed by atoms with van der Waals surface area (Å²) in [5, 5.41) is 0.722. The lowest BCUT2D eigenvalue weighted by Crippen LogP contribution is -2.03. The Morgan fingerprint density at radius 1 is 1.24 bits per heavy atom. The van der Waals surface area contributed by atoms with E-state index >= 15 is 0 Å². The first-order valence-corrected chi connectivity index (χ1v) is 8.59. The number of hydrogen-bond donors (Lipinski definition) is 0. The number of alkyl halides is 1. The van der Waals surface area contributed by atoms with Crippen molar-refractivity contribution in [2.75, 3.05) is 5.88 Å². The van der Waals surface area contributed by atoms with E-state index in [0.29, 0.717) is 12.3 Å². The first-order valence-electron chi connectivity index (χ1n) is 6.60. The standard InChI is InChI=1S/C16H13Cl2IN2/c1-10-3-2-4-13-16(10)21(15(20-13)7-8-17)14-6-5-11(19)9-12(14)18/h2-6,9H,7-8H2,1H3.